The van der Waals surface area contributed by atoms with Gasteiger partial charge in [-0.05, 0) is 145 Å². The molecule has 1 saturated heterocycles. The number of benzene rings is 2. The summed E-state index contributed by atoms with van der Waals surface area (Å²) in [4.78, 5) is 114. The van der Waals surface area contributed by atoms with Crippen molar-refractivity contribution in [3.63, 3.8) is 0 Å². The molecule has 2 aromatic heterocycles. The van der Waals surface area contributed by atoms with Gasteiger partial charge in [-0.15, -0.1) is 27.7 Å². The summed E-state index contributed by atoms with van der Waals surface area (Å²) in [6.07, 6.45) is 10.5. The number of hydrogen-bond acceptors (Lipinski definition) is 25. The number of nitrogens with one attached hydrogen (secondary N) is 4. The monoisotopic (exact) mass is 1630 g/mol. The molecule has 4 atom stereocenters. The molecule has 2 aromatic carbocycles. The minimum absolute atomic E-state index is 0.00801. The van der Waals surface area contributed by atoms with Gasteiger partial charge < -0.3 is 44.7 Å². The second-order valence-electron chi connectivity index (χ2n) is 27.5. The number of unbranched alkanes of at least 4 members (excludes halogenated alkanes) is 2. The topological polar surface area (TPSA) is 484 Å². The lowest BCUT2D eigenvalue weighted by Gasteiger charge is -2.30. The number of allylic oxidation sites excluding steroid dienone is 6. The number of rotatable bonds is 20. The molecule has 4 aromatic rings. The molecular weight excluding hydrogens is 1550 g/mol. The van der Waals surface area contributed by atoms with Gasteiger partial charge in [0.15, 0.2) is 11.5 Å². The smallest absolute Gasteiger partial charge is 0.333 e. The Morgan fingerprint density at radius 3 is 1.88 bits per heavy atom. The molecule has 0 saturated carbocycles. The summed E-state index contributed by atoms with van der Waals surface area (Å²) in [6.45, 7) is 5.84. The zero-order chi connectivity index (χ0) is 79.2. The van der Waals surface area contributed by atoms with Crippen LogP contribution in [0.3, 0.4) is 0 Å². The second kappa shape index (κ2) is 36.8. The number of anilines is 1. The maximum Gasteiger partial charge on any atom is 0.333 e. The normalized spacial score (nSPS) is 21.2. The van der Waals surface area contributed by atoms with Crippen molar-refractivity contribution in [3.05, 3.63) is 118 Å². The van der Waals surface area contributed by atoms with Crippen molar-refractivity contribution in [1.82, 2.24) is 26.3 Å². The zero-order valence-electron chi connectivity index (χ0n) is 59.6. The molecule has 1 fully saturated rings. The molecule has 4 aliphatic rings. The van der Waals surface area contributed by atoms with Gasteiger partial charge in [-0.2, -0.15) is 21.4 Å². The van der Waals surface area contributed by atoms with Crippen molar-refractivity contribution in [2.45, 2.75) is 203 Å². The molecule has 38 heteroatoms. The molecule has 31 nitrogen and oxygen atoms in total. The SMILES string of the molecule is CC1(C)C2=[N+](CCCCCC(=O)NC(Cc3ccc(S(=O)(=O)[O-])s3)C(=O)NCCCCC(C(=O)NCCCCCC(=O)ON3C(=O)CCC3=O)CC(=O)C(Cc3ccc(S(=O)(=O)[O-])s3)NC(=O)CCCCCC3(C)C(=CC=CC=C2)N(CCCS(=O)(=O)O)c2ccc(S(=O)(=O)O)cc23)c2ccc(S(=O)(=O)[O-])cc21. The van der Waals surface area contributed by atoms with E-state index in [0.29, 0.717) is 113 Å². The van der Waals surface area contributed by atoms with E-state index >= 15 is 0 Å². The fourth-order valence-corrected chi connectivity index (χ4v) is 18.6. The standard InChI is InChI=1S/C70H89N7O24S7/c1-69(2)51-44-49(105(89,90)91)27-29-55(51)75-38-17-7-11-23-61(80)74-54(43-48-26-34-66(103-48)108(98,99)100)68(85)72-37-16-13-19-46(67(84)71-36-15-6-12-24-64(83)101-77-62(81)31-32-63(77)82)41-57(78)53(42-47-25-33-65(102-47)107(95,96)97)73-60(79)22-10-5-14-35-70(3)52-45-50(106(92,93)94)28-30-56(52)76(39-18-40-104(86,87)88)59(70)21-9-4-8-20-58(69)75/h4,8-9,20-21,25-30,33-34,44-46,53-54H,5-7,10-19,22-24,31-32,35-43H2,1-3H3,(H8-,71,72,73,74,79,80,84,85,86,87,88,89,90,91,92,93,94,95,96,97,98,99,100)/p-2. The van der Waals surface area contributed by atoms with E-state index in [-0.39, 0.29) is 119 Å². The van der Waals surface area contributed by atoms with Gasteiger partial charge in [0.1, 0.15) is 51.4 Å². The van der Waals surface area contributed by atoms with Gasteiger partial charge in [0.2, 0.25) is 29.3 Å². The van der Waals surface area contributed by atoms with Crippen molar-refractivity contribution < 1.29 is 113 Å². The first kappa shape index (κ1) is 85.8. The number of fused-ring (bicyclic) bond motifs is 5. The summed E-state index contributed by atoms with van der Waals surface area (Å²) < 4.78 is 180. The van der Waals surface area contributed by atoms with Gasteiger partial charge in [0.25, 0.3) is 32.1 Å². The molecule has 0 spiro atoms. The van der Waals surface area contributed by atoms with Crippen LogP contribution >= 0.6 is 22.7 Å². The number of amides is 6. The van der Waals surface area contributed by atoms with Crippen LogP contribution < -0.4 is 26.2 Å². The molecule has 6 heterocycles. The lowest BCUT2D eigenvalue weighted by Crippen LogP contribution is -2.48. The molecule has 0 radical (unpaired) electrons. The van der Waals surface area contributed by atoms with E-state index in [1.807, 2.05) is 25.3 Å². The highest BCUT2D eigenvalue weighted by Gasteiger charge is 2.46. The number of carbonyl (C=O) groups is 8. The van der Waals surface area contributed by atoms with Crippen LogP contribution in [0.2, 0.25) is 0 Å². The van der Waals surface area contributed by atoms with Crippen molar-refractivity contribution in [2.24, 2.45) is 5.92 Å². The number of hydrogen-bond donors (Lipinski definition) is 6. The Bertz CT molecular complexity index is 4800. The predicted octanol–water partition coefficient (Wildman–Crippen LogP) is 6.32. The van der Waals surface area contributed by atoms with Crippen molar-refractivity contribution in [3.8, 4) is 0 Å². The fraction of sp³-hybridized carbons (Fsp3) is 0.500. The molecule has 8 rings (SSSR count). The third-order valence-electron chi connectivity index (χ3n) is 19.1. The third-order valence-corrected chi connectivity index (χ3v) is 26.4. The van der Waals surface area contributed by atoms with Crippen LogP contribution in [0.5, 0.6) is 0 Å². The molecule has 0 bridgehead atoms. The Kier molecular flexibility index (Phi) is 29.3. The number of ketones is 1. The van der Waals surface area contributed by atoms with Crippen molar-refractivity contribution >= 4 is 138 Å². The minimum Gasteiger partial charge on any atom is -0.744 e. The molecule has 590 valence electrons. The van der Waals surface area contributed by atoms with Gasteiger partial charge in [0, 0.05) is 128 Å². The van der Waals surface area contributed by atoms with Gasteiger partial charge in [-0.25, -0.2) is 30.0 Å². The van der Waals surface area contributed by atoms with Crippen LogP contribution in [0.25, 0.3) is 0 Å². The maximum atomic E-state index is 14.7. The lowest BCUT2D eigenvalue weighted by molar-refractivity contribution is -0.438. The number of imide groups is 1. The highest BCUT2D eigenvalue weighted by molar-refractivity contribution is 7.88. The van der Waals surface area contributed by atoms with E-state index in [9.17, 15) is 103 Å². The second-order valence-corrected chi connectivity index (χ2v) is 37.5. The molecule has 4 aliphatic heterocycles. The summed E-state index contributed by atoms with van der Waals surface area (Å²) in [7, 11) is -24.0. The Morgan fingerprint density at radius 2 is 1.27 bits per heavy atom. The fourth-order valence-electron chi connectivity index (χ4n) is 13.6. The van der Waals surface area contributed by atoms with E-state index < -0.39 is 157 Å². The average Bonchev–Trinajstić information content (AvgIpc) is 1.58. The maximum absolute atomic E-state index is 14.7. The number of thiophene rings is 2. The first-order valence-corrected chi connectivity index (χ1v) is 44.0. The van der Waals surface area contributed by atoms with E-state index in [1.54, 1.807) is 41.3 Å². The van der Waals surface area contributed by atoms with Crippen LogP contribution in [-0.4, -0.2) is 171 Å². The molecule has 0 aliphatic carbocycles. The first-order chi connectivity index (χ1) is 50.6. The van der Waals surface area contributed by atoms with Gasteiger partial charge in [-0.3, -0.25) is 42.7 Å². The first-order valence-electron chi connectivity index (χ1n) is 35.1. The molecule has 108 heavy (non-hydrogen) atoms. The summed E-state index contributed by atoms with van der Waals surface area (Å²) >= 11 is 1.21. The Balaban J connectivity index is 1.10. The largest absolute Gasteiger partial charge is 0.744 e. The van der Waals surface area contributed by atoms with Crippen molar-refractivity contribution in [2.75, 3.05) is 36.8 Å². The quantitative estimate of drug-likeness (QED) is 0.0244. The lowest BCUT2D eigenvalue weighted by atomic mass is 9.77. The number of hydroxylamine groups is 2. The average molecular weight is 1630 g/mol. The summed E-state index contributed by atoms with van der Waals surface area (Å²) in [6, 6.07) is 10.2. The van der Waals surface area contributed by atoms with Crippen LogP contribution in [0.15, 0.2) is 115 Å². The third kappa shape index (κ3) is 23.6. The van der Waals surface area contributed by atoms with Crippen LogP contribution in [0.4, 0.5) is 11.4 Å². The van der Waals surface area contributed by atoms with Crippen molar-refractivity contribution in [1.29, 1.82) is 0 Å². The van der Waals surface area contributed by atoms with Gasteiger partial charge in [-0.1, -0.05) is 43.9 Å². The van der Waals surface area contributed by atoms with Crippen LogP contribution in [-0.2, 0) is 117 Å². The van der Waals surface area contributed by atoms with Gasteiger partial charge >= 0.3 is 5.97 Å². The number of nitrogens with zero attached hydrogens (tertiary/aromatic N) is 3. The van der Waals surface area contributed by atoms with E-state index in [1.165, 1.54) is 42.5 Å². The summed E-state index contributed by atoms with van der Waals surface area (Å²) in [5.41, 5.74) is 1.22. The molecule has 4 unspecified atom stereocenters. The minimum atomic E-state index is -4.95. The van der Waals surface area contributed by atoms with Crippen LogP contribution in [0, 0.1) is 5.92 Å². The zero-order valence-corrected chi connectivity index (χ0v) is 65.3. The summed E-state index contributed by atoms with van der Waals surface area (Å²) in [5, 5.41) is 11.5. The van der Waals surface area contributed by atoms with Gasteiger partial charge in [0.05, 0.1) is 27.0 Å². The number of Topliss-reactive ketones (excluding diaryl/α,β-unsaturated/α-hetero) is 1. The Labute approximate surface area is 635 Å². The Hall–Kier alpha value is -7.76. The number of carbonyl (C=O) groups excluding carboxylic acids is 8. The van der Waals surface area contributed by atoms with E-state index in [2.05, 4.69) is 21.3 Å². The molecule has 6 N–H and O–H groups in total. The van der Waals surface area contributed by atoms with E-state index in [4.69, 9.17) is 4.84 Å². The predicted molar refractivity (Wildman–Crippen MR) is 392 cm³/mol. The highest BCUT2D eigenvalue weighted by atomic mass is 32.3. The summed E-state index contributed by atoms with van der Waals surface area (Å²) in [5.74, 6) is -6.96. The highest BCUT2D eigenvalue weighted by Crippen LogP contribution is 2.52. The molecule has 6 amide bonds. The van der Waals surface area contributed by atoms with Crippen LogP contribution in [0.1, 0.15) is 170 Å². The van der Waals surface area contributed by atoms with E-state index in [0.717, 1.165) is 12.1 Å². The molecular formula is C70H87N7O24S7-2. The Morgan fingerprint density at radius 1 is 0.657 bits per heavy atom.